The van der Waals surface area contributed by atoms with Crippen molar-refractivity contribution in [3.63, 3.8) is 0 Å². The Bertz CT molecular complexity index is 516. The van der Waals surface area contributed by atoms with Gasteiger partial charge in [0.1, 0.15) is 0 Å². The van der Waals surface area contributed by atoms with Gasteiger partial charge in [-0.15, -0.1) is 0 Å². The summed E-state index contributed by atoms with van der Waals surface area (Å²) in [7, 11) is 0. The summed E-state index contributed by atoms with van der Waals surface area (Å²) < 4.78 is 0. The number of carbonyl (C=O) groups excluding carboxylic acids is 1. The van der Waals surface area contributed by atoms with Crippen molar-refractivity contribution >= 4 is 29.3 Å². The molecule has 0 fully saturated rings. The van der Waals surface area contributed by atoms with Crippen LogP contribution >= 0.6 is 11.8 Å². The quantitative estimate of drug-likeness (QED) is 0.846. The molecular weight excluding hydrogens is 274 g/mol. The third-order valence-corrected chi connectivity index (χ3v) is 4.61. The van der Waals surface area contributed by atoms with Gasteiger partial charge in [-0.3, -0.25) is 9.59 Å². The predicted octanol–water partition coefficient (Wildman–Crippen LogP) is 2.57. The number of thioether (sulfide) groups is 1. The lowest BCUT2D eigenvalue weighted by Gasteiger charge is -2.08. The molecule has 1 aromatic carbocycles. The molecule has 2 N–H and O–H groups in total. The third kappa shape index (κ3) is 4.00. The molecule has 1 aliphatic rings. The van der Waals surface area contributed by atoms with Crippen molar-refractivity contribution in [2.24, 2.45) is 5.92 Å². The molecule has 1 unspecified atom stereocenters. The van der Waals surface area contributed by atoms with Gasteiger partial charge in [-0.2, -0.15) is 11.8 Å². The summed E-state index contributed by atoms with van der Waals surface area (Å²) in [6.07, 6.45) is 3.41. The highest BCUT2D eigenvalue weighted by Gasteiger charge is 2.13. The molecule has 0 radical (unpaired) electrons. The van der Waals surface area contributed by atoms with Crippen LogP contribution in [0.2, 0.25) is 0 Å². The number of rotatable bonds is 6. The maximum atomic E-state index is 11.8. The fraction of sp³-hybridized carbons (Fsp3) is 0.467. The first kappa shape index (κ1) is 14.9. The number of amides is 1. The van der Waals surface area contributed by atoms with Gasteiger partial charge in [0.25, 0.3) is 0 Å². The number of aryl methyl sites for hydroxylation is 2. The van der Waals surface area contributed by atoms with E-state index < -0.39 is 11.9 Å². The minimum Gasteiger partial charge on any atom is -0.481 e. The van der Waals surface area contributed by atoms with Gasteiger partial charge >= 0.3 is 5.97 Å². The Labute approximate surface area is 123 Å². The zero-order valence-electron chi connectivity index (χ0n) is 11.5. The number of carbonyl (C=O) groups is 2. The fourth-order valence-corrected chi connectivity index (χ4v) is 3.12. The Balaban J connectivity index is 1.78. The number of aliphatic carboxylic acids is 1. The van der Waals surface area contributed by atoms with Crippen LogP contribution in [0.25, 0.3) is 0 Å². The van der Waals surface area contributed by atoms with E-state index in [2.05, 4.69) is 11.4 Å². The van der Waals surface area contributed by atoms with E-state index >= 15 is 0 Å². The molecule has 0 aliphatic heterocycles. The monoisotopic (exact) mass is 293 g/mol. The van der Waals surface area contributed by atoms with E-state index in [1.807, 2.05) is 12.1 Å². The van der Waals surface area contributed by atoms with Gasteiger partial charge in [-0.25, -0.2) is 0 Å². The fourth-order valence-electron chi connectivity index (χ4n) is 2.25. The molecule has 0 spiro atoms. The van der Waals surface area contributed by atoms with Crippen LogP contribution in [0.15, 0.2) is 18.2 Å². The van der Waals surface area contributed by atoms with Crippen LogP contribution < -0.4 is 5.32 Å². The maximum Gasteiger partial charge on any atom is 0.307 e. The molecule has 2 rings (SSSR count). The molecule has 0 saturated heterocycles. The summed E-state index contributed by atoms with van der Waals surface area (Å²) in [4.78, 5) is 22.4. The van der Waals surface area contributed by atoms with E-state index in [-0.39, 0.29) is 11.7 Å². The van der Waals surface area contributed by atoms with Crippen LogP contribution in [0.5, 0.6) is 0 Å². The molecular formula is C15H19NO3S. The molecule has 0 saturated carbocycles. The first-order valence-electron chi connectivity index (χ1n) is 6.78. The average molecular weight is 293 g/mol. The van der Waals surface area contributed by atoms with Crippen LogP contribution in [0, 0.1) is 5.92 Å². The number of carboxylic acid groups (broad SMARTS) is 1. The van der Waals surface area contributed by atoms with Crippen LogP contribution in [-0.4, -0.2) is 28.5 Å². The third-order valence-electron chi connectivity index (χ3n) is 3.40. The summed E-state index contributed by atoms with van der Waals surface area (Å²) in [6.45, 7) is 1.65. The second-order valence-corrected chi connectivity index (χ2v) is 6.17. The Kier molecular flexibility index (Phi) is 5.06. The van der Waals surface area contributed by atoms with Crippen molar-refractivity contribution in [3.05, 3.63) is 29.3 Å². The topological polar surface area (TPSA) is 66.4 Å². The lowest BCUT2D eigenvalue weighted by atomic mass is 10.1. The van der Waals surface area contributed by atoms with Crippen molar-refractivity contribution < 1.29 is 14.7 Å². The highest BCUT2D eigenvalue weighted by molar-refractivity contribution is 8.00. The van der Waals surface area contributed by atoms with Crippen LogP contribution in [0.3, 0.4) is 0 Å². The molecule has 1 amide bonds. The Hall–Kier alpha value is -1.49. The molecule has 1 aliphatic carbocycles. The number of anilines is 1. The number of carboxylic acids is 1. The highest BCUT2D eigenvalue weighted by atomic mass is 32.2. The number of benzene rings is 1. The first-order chi connectivity index (χ1) is 9.56. The number of nitrogens with one attached hydrogen (secondary N) is 1. The van der Waals surface area contributed by atoms with E-state index in [1.54, 1.807) is 6.92 Å². The zero-order chi connectivity index (χ0) is 14.5. The van der Waals surface area contributed by atoms with Gasteiger partial charge in [-0.1, -0.05) is 13.0 Å². The van der Waals surface area contributed by atoms with Crippen LogP contribution in [-0.2, 0) is 22.4 Å². The highest BCUT2D eigenvalue weighted by Crippen LogP contribution is 2.25. The molecule has 20 heavy (non-hydrogen) atoms. The summed E-state index contributed by atoms with van der Waals surface area (Å²) in [6, 6.07) is 6.06. The van der Waals surface area contributed by atoms with E-state index in [0.717, 1.165) is 18.5 Å². The van der Waals surface area contributed by atoms with Crippen molar-refractivity contribution in [1.82, 2.24) is 0 Å². The van der Waals surface area contributed by atoms with E-state index in [4.69, 9.17) is 5.11 Å². The molecule has 0 heterocycles. The Morgan fingerprint density at radius 3 is 2.85 bits per heavy atom. The van der Waals surface area contributed by atoms with Crippen molar-refractivity contribution in [1.29, 1.82) is 0 Å². The van der Waals surface area contributed by atoms with Gasteiger partial charge in [0.15, 0.2) is 0 Å². The van der Waals surface area contributed by atoms with Crippen molar-refractivity contribution in [3.8, 4) is 0 Å². The molecule has 0 bridgehead atoms. The second-order valence-electron chi connectivity index (χ2n) is 5.14. The Morgan fingerprint density at radius 2 is 2.10 bits per heavy atom. The molecule has 0 aromatic heterocycles. The van der Waals surface area contributed by atoms with Crippen molar-refractivity contribution in [2.45, 2.75) is 26.2 Å². The minimum atomic E-state index is -0.823. The second kappa shape index (κ2) is 6.79. The lowest BCUT2D eigenvalue weighted by molar-refractivity contribution is -0.140. The SMILES string of the molecule is CC(CSCC(=O)Nc1ccc2c(c1)CCC2)C(=O)O. The summed E-state index contributed by atoms with van der Waals surface area (Å²) in [5.74, 6) is -0.586. The van der Waals surface area contributed by atoms with Gasteiger partial charge in [0.05, 0.1) is 11.7 Å². The molecule has 1 atom stereocenters. The number of hydrogen-bond donors (Lipinski definition) is 2. The van der Waals surface area contributed by atoms with Crippen LogP contribution in [0.4, 0.5) is 5.69 Å². The largest absolute Gasteiger partial charge is 0.481 e. The summed E-state index contributed by atoms with van der Waals surface area (Å²) >= 11 is 1.35. The first-order valence-corrected chi connectivity index (χ1v) is 7.94. The van der Waals surface area contributed by atoms with Crippen LogP contribution in [0.1, 0.15) is 24.5 Å². The van der Waals surface area contributed by atoms with Crippen molar-refractivity contribution in [2.75, 3.05) is 16.8 Å². The van der Waals surface area contributed by atoms with Gasteiger partial charge in [0.2, 0.25) is 5.91 Å². The van der Waals surface area contributed by atoms with E-state index in [0.29, 0.717) is 5.75 Å². The predicted molar refractivity (Wildman–Crippen MR) is 81.2 cm³/mol. The standard InChI is InChI=1S/C15H19NO3S/c1-10(15(18)19)8-20-9-14(17)16-13-6-5-11-3-2-4-12(11)7-13/h5-7,10H,2-4,8-9H2,1H3,(H,16,17)(H,18,19). The molecule has 1 aromatic rings. The van der Waals surface area contributed by atoms with Gasteiger partial charge in [0, 0.05) is 11.4 Å². The minimum absolute atomic E-state index is 0.0782. The normalized spacial score (nSPS) is 14.7. The van der Waals surface area contributed by atoms with E-state index in [9.17, 15) is 9.59 Å². The number of fused-ring (bicyclic) bond motifs is 1. The van der Waals surface area contributed by atoms with E-state index in [1.165, 1.54) is 29.3 Å². The molecule has 5 heteroatoms. The maximum absolute atomic E-state index is 11.8. The Morgan fingerprint density at radius 1 is 1.35 bits per heavy atom. The molecule has 108 valence electrons. The van der Waals surface area contributed by atoms with Gasteiger partial charge in [-0.05, 0) is 42.5 Å². The summed E-state index contributed by atoms with van der Waals surface area (Å²) in [5.41, 5.74) is 3.55. The lowest BCUT2D eigenvalue weighted by Crippen LogP contribution is -2.17. The zero-order valence-corrected chi connectivity index (χ0v) is 12.3. The smallest absolute Gasteiger partial charge is 0.307 e. The number of hydrogen-bond acceptors (Lipinski definition) is 3. The van der Waals surface area contributed by atoms with Gasteiger partial charge < -0.3 is 10.4 Å². The average Bonchev–Trinajstić information content (AvgIpc) is 2.85. The summed E-state index contributed by atoms with van der Waals surface area (Å²) in [5, 5.41) is 11.6. The molecule has 4 nitrogen and oxygen atoms in total.